The number of hydrogen-bond donors (Lipinski definition) is 0. The second-order valence-corrected chi connectivity index (χ2v) is 3.59. The van der Waals surface area contributed by atoms with Gasteiger partial charge in [0.1, 0.15) is 4.64 Å². The van der Waals surface area contributed by atoms with Gasteiger partial charge in [-0.15, -0.1) is 0 Å². The number of hydrogen-bond acceptors (Lipinski definition) is 1. The highest BCUT2D eigenvalue weighted by Crippen LogP contribution is 2.03. The third kappa shape index (κ3) is 2.64. The van der Waals surface area contributed by atoms with Crippen molar-refractivity contribution < 1.29 is 0 Å². The zero-order chi connectivity index (χ0) is 10.5. The minimum atomic E-state index is 0.810. The van der Waals surface area contributed by atoms with Gasteiger partial charge in [-0.2, -0.15) is 0 Å². The van der Waals surface area contributed by atoms with Crippen LogP contribution in [0.5, 0.6) is 0 Å². The molecule has 0 atom stereocenters. The van der Waals surface area contributed by atoms with Gasteiger partial charge in [0.2, 0.25) is 0 Å². The van der Waals surface area contributed by atoms with Crippen molar-refractivity contribution in [2.24, 2.45) is 0 Å². The Morgan fingerprint density at radius 1 is 0.933 bits per heavy atom. The highest BCUT2D eigenvalue weighted by Gasteiger charge is 1.85. The Labute approximate surface area is 94.3 Å². The standard InChI is InChI=1S/C13H11NS/c15-13-8-4-5-10-14(13)11-9-12-6-2-1-3-7-12/h1-11H/b11-9+. The van der Waals surface area contributed by atoms with Crippen LogP contribution in [0.4, 0.5) is 0 Å². The topological polar surface area (TPSA) is 4.93 Å². The van der Waals surface area contributed by atoms with E-state index in [1.807, 2.05) is 59.4 Å². The number of pyridine rings is 1. The molecule has 0 aliphatic rings. The molecule has 15 heavy (non-hydrogen) atoms. The van der Waals surface area contributed by atoms with Crippen LogP contribution in [0.2, 0.25) is 0 Å². The van der Waals surface area contributed by atoms with Crippen LogP contribution in [-0.2, 0) is 0 Å². The monoisotopic (exact) mass is 213 g/mol. The molecule has 1 aromatic carbocycles. The van der Waals surface area contributed by atoms with E-state index in [1.165, 1.54) is 5.56 Å². The summed E-state index contributed by atoms with van der Waals surface area (Å²) in [7, 11) is 0. The maximum atomic E-state index is 5.18. The first-order chi connectivity index (χ1) is 7.36. The first-order valence-corrected chi connectivity index (χ1v) is 5.17. The van der Waals surface area contributed by atoms with Gasteiger partial charge in [0.05, 0.1) is 0 Å². The number of rotatable bonds is 2. The first kappa shape index (κ1) is 9.87. The van der Waals surface area contributed by atoms with Gasteiger partial charge in [-0.25, -0.2) is 0 Å². The Hall–Kier alpha value is -1.67. The summed E-state index contributed by atoms with van der Waals surface area (Å²) in [6, 6.07) is 16.0. The van der Waals surface area contributed by atoms with Gasteiger partial charge < -0.3 is 4.57 Å². The van der Waals surface area contributed by atoms with Crippen LogP contribution in [0.15, 0.2) is 54.7 Å². The normalized spacial score (nSPS) is 10.7. The smallest absolute Gasteiger partial charge is 0.109 e. The third-order valence-electron chi connectivity index (χ3n) is 2.08. The Balaban J connectivity index is 2.27. The number of benzene rings is 1. The molecular formula is C13H11NS. The van der Waals surface area contributed by atoms with Crippen molar-refractivity contribution in [3.63, 3.8) is 0 Å². The Morgan fingerprint density at radius 2 is 1.67 bits per heavy atom. The van der Waals surface area contributed by atoms with Crippen molar-refractivity contribution in [1.29, 1.82) is 0 Å². The summed E-state index contributed by atoms with van der Waals surface area (Å²) in [5.41, 5.74) is 1.17. The van der Waals surface area contributed by atoms with Crippen LogP contribution in [0.1, 0.15) is 5.56 Å². The van der Waals surface area contributed by atoms with Gasteiger partial charge >= 0.3 is 0 Å². The average Bonchev–Trinajstić information content (AvgIpc) is 2.29. The minimum Gasteiger partial charge on any atom is -0.315 e. The lowest BCUT2D eigenvalue weighted by molar-refractivity contribution is 1.11. The molecule has 0 unspecified atom stereocenters. The molecule has 0 radical (unpaired) electrons. The molecule has 74 valence electrons. The molecule has 1 nitrogen and oxygen atoms in total. The summed E-state index contributed by atoms with van der Waals surface area (Å²) in [5, 5.41) is 0. The zero-order valence-electron chi connectivity index (χ0n) is 8.21. The van der Waals surface area contributed by atoms with Gasteiger partial charge in [0, 0.05) is 12.4 Å². The Bertz CT molecular complexity index is 511. The molecule has 0 spiro atoms. The summed E-state index contributed by atoms with van der Waals surface area (Å²) in [4.78, 5) is 0. The van der Waals surface area contributed by atoms with E-state index >= 15 is 0 Å². The van der Waals surface area contributed by atoms with Gasteiger partial charge in [0.15, 0.2) is 0 Å². The second kappa shape index (κ2) is 4.71. The molecule has 0 aliphatic carbocycles. The second-order valence-electron chi connectivity index (χ2n) is 3.17. The Morgan fingerprint density at radius 3 is 2.40 bits per heavy atom. The maximum Gasteiger partial charge on any atom is 0.109 e. The van der Waals surface area contributed by atoms with E-state index in [2.05, 4.69) is 12.1 Å². The fraction of sp³-hybridized carbons (Fsp3) is 0. The lowest BCUT2D eigenvalue weighted by Crippen LogP contribution is -1.86. The number of nitrogens with zero attached hydrogens (tertiary/aromatic N) is 1. The molecule has 1 heterocycles. The first-order valence-electron chi connectivity index (χ1n) is 4.77. The van der Waals surface area contributed by atoms with Crippen LogP contribution in [0, 0.1) is 4.64 Å². The lowest BCUT2D eigenvalue weighted by atomic mass is 10.2. The molecule has 0 saturated heterocycles. The van der Waals surface area contributed by atoms with Crippen LogP contribution in [0.3, 0.4) is 0 Å². The summed E-state index contributed by atoms with van der Waals surface area (Å²) < 4.78 is 2.73. The number of aromatic nitrogens is 1. The predicted molar refractivity (Wildman–Crippen MR) is 66.9 cm³/mol. The van der Waals surface area contributed by atoms with E-state index in [0.29, 0.717) is 0 Å². The van der Waals surface area contributed by atoms with Gasteiger partial charge in [-0.1, -0.05) is 48.6 Å². The summed E-state index contributed by atoms with van der Waals surface area (Å²) in [5.74, 6) is 0. The van der Waals surface area contributed by atoms with Crippen molar-refractivity contribution in [2.75, 3.05) is 0 Å². The van der Waals surface area contributed by atoms with Crippen molar-refractivity contribution in [3.8, 4) is 0 Å². The predicted octanol–water partition coefficient (Wildman–Crippen LogP) is 3.85. The Kier molecular flexibility index (Phi) is 3.10. The highest BCUT2D eigenvalue weighted by atomic mass is 32.1. The SMILES string of the molecule is S=c1ccccn1/C=C/c1ccccc1. The fourth-order valence-electron chi connectivity index (χ4n) is 1.29. The zero-order valence-corrected chi connectivity index (χ0v) is 9.02. The van der Waals surface area contributed by atoms with Crippen molar-refractivity contribution >= 4 is 24.5 Å². The van der Waals surface area contributed by atoms with Crippen molar-refractivity contribution in [2.45, 2.75) is 0 Å². The molecule has 0 bridgehead atoms. The summed E-state index contributed by atoms with van der Waals surface area (Å²) in [6.45, 7) is 0. The highest BCUT2D eigenvalue weighted by molar-refractivity contribution is 7.71. The molecule has 0 amide bonds. The van der Waals surface area contributed by atoms with Gasteiger partial charge in [0.25, 0.3) is 0 Å². The molecule has 0 aliphatic heterocycles. The molecule has 2 rings (SSSR count). The van der Waals surface area contributed by atoms with Crippen LogP contribution in [0.25, 0.3) is 12.3 Å². The molecule has 1 aromatic heterocycles. The maximum absolute atomic E-state index is 5.18. The quantitative estimate of drug-likeness (QED) is 0.686. The van der Waals surface area contributed by atoms with Crippen molar-refractivity contribution in [1.82, 2.24) is 4.57 Å². The lowest BCUT2D eigenvalue weighted by Gasteiger charge is -1.98. The van der Waals surface area contributed by atoms with E-state index in [0.717, 1.165) is 4.64 Å². The van der Waals surface area contributed by atoms with Gasteiger partial charge in [-0.05, 0) is 23.8 Å². The third-order valence-corrected chi connectivity index (χ3v) is 2.43. The van der Waals surface area contributed by atoms with Crippen LogP contribution < -0.4 is 0 Å². The van der Waals surface area contributed by atoms with E-state index in [9.17, 15) is 0 Å². The fourth-order valence-corrected chi connectivity index (χ4v) is 1.49. The molecule has 0 saturated carbocycles. The van der Waals surface area contributed by atoms with Crippen LogP contribution >= 0.6 is 12.2 Å². The largest absolute Gasteiger partial charge is 0.315 e. The van der Waals surface area contributed by atoms with E-state index in [-0.39, 0.29) is 0 Å². The molecule has 2 heteroatoms. The summed E-state index contributed by atoms with van der Waals surface area (Å²) in [6.07, 6.45) is 5.95. The molecular weight excluding hydrogens is 202 g/mol. The van der Waals surface area contributed by atoms with E-state index in [1.54, 1.807) is 0 Å². The summed E-state index contributed by atoms with van der Waals surface area (Å²) >= 11 is 5.18. The average molecular weight is 213 g/mol. The molecule has 2 aromatic rings. The van der Waals surface area contributed by atoms with E-state index in [4.69, 9.17) is 12.2 Å². The minimum absolute atomic E-state index is 0.810. The molecule has 0 N–H and O–H groups in total. The van der Waals surface area contributed by atoms with Crippen LogP contribution in [-0.4, -0.2) is 4.57 Å². The van der Waals surface area contributed by atoms with E-state index < -0.39 is 0 Å². The van der Waals surface area contributed by atoms with Crippen molar-refractivity contribution in [3.05, 3.63) is 64.9 Å². The molecule has 0 fully saturated rings. The van der Waals surface area contributed by atoms with Gasteiger partial charge in [-0.3, -0.25) is 0 Å².